The number of aliphatic carboxylic acids is 1. The molecule has 158 valence electrons. The Morgan fingerprint density at radius 3 is 1.42 bits per heavy atom. The van der Waals surface area contributed by atoms with Crippen LogP contribution >= 0.6 is 0 Å². The van der Waals surface area contributed by atoms with E-state index in [-0.39, 0.29) is 6.42 Å². The predicted molar refractivity (Wildman–Crippen MR) is 104 cm³/mol. The van der Waals surface area contributed by atoms with Gasteiger partial charge in [0.25, 0.3) is 0 Å². The summed E-state index contributed by atoms with van der Waals surface area (Å²) in [6, 6.07) is 0.564. The van der Waals surface area contributed by atoms with Gasteiger partial charge in [-0.1, -0.05) is 0 Å². The van der Waals surface area contributed by atoms with Gasteiger partial charge in [0, 0.05) is 52.1 Å². The number of hydrogen-bond acceptors (Lipinski definition) is 7. The van der Waals surface area contributed by atoms with Gasteiger partial charge < -0.3 is 31.7 Å². The Bertz CT molecular complexity index is 289. The van der Waals surface area contributed by atoms with Gasteiger partial charge in [-0.2, -0.15) is 0 Å². The van der Waals surface area contributed by atoms with Crippen LogP contribution in [0.4, 0.5) is 0 Å². The average Bonchev–Trinajstić information content (AvgIpc) is 2.56. The SMILES string of the molecule is CCO[SiH](OCC)OCC.CCO[Si](CCCC(=O)O)(OCC)OCC. The van der Waals surface area contributed by atoms with Crippen LogP contribution < -0.4 is 0 Å². The molecule has 0 heterocycles. The summed E-state index contributed by atoms with van der Waals surface area (Å²) in [4.78, 5) is 10.5. The summed E-state index contributed by atoms with van der Waals surface area (Å²) >= 11 is 0. The molecule has 0 fully saturated rings. The highest BCUT2D eigenvalue weighted by atomic mass is 28.4. The van der Waals surface area contributed by atoms with Crippen molar-refractivity contribution < 1.29 is 36.5 Å². The summed E-state index contributed by atoms with van der Waals surface area (Å²) in [5, 5.41) is 8.59. The van der Waals surface area contributed by atoms with Crippen molar-refractivity contribution in [2.75, 3.05) is 39.6 Å². The molecule has 0 amide bonds. The highest BCUT2D eigenvalue weighted by molar-refractivity contribution is 6.60. The lowest BCUT2D eigenvalue weighted by Crippen LogP contribution is -2.46. The Hall–Kier alpha value is -0.336. The Kier molecular flexibility index (Phi) is 20.8. The smallest absolute Gasteiger partial charge is 0.481 e. The maximum Gasteiger partial charge on any atom is 0.500 e. The third-order valence-electron chi connectivity index (χ3n) is 2.87. The normalized spacial score (nSPS) is 11.3. The minimum Gasteiger partial charge on any atom is -0.481 e. The van der Waals surface area contributed by atoms with E-state index in [1.165, 1.54) is 0 Å². The predicted octanol–water partition coefficient (Wildman–Crippen LogP) is 2.71. The van der Waals surface area contributed by atoms with E-state index in [4.69, 9.17) is 31.7 Å². The van der Waals surface area contributed by atoms with Crippen molar-refractivity contribution >= 4 is 24.3 Å². The lowest BCUT2D eigenvalue weighted by atomic mass is 10.3. The molecule has 0 saturated heterocycles. The van der Waals surface area contributed by atoms with Gasteiger partial charge in [-0.05, 0) is 48.0 Å². The van der Waals surface area contributed by atoms with Crippen molar-refractivity contribution in [3.8, 4) is 0 Å². The van der Waals surface area contributed by atoms with Crippen LogP contribution in [0, 0.1) is 0 Å². The Morgan fingerprint density at radius 1 is 0.769 bits per heavy atom. The molecule has 10 heteroatoms. The van der Waals surface area contributed by atoms with Crippen LogP contribution in [-0.4, -0.2) is 69.0 Å². The van der Waals surface area contributed by atoms with Crippen molar-refractivity contribution in [3.63, 3.8) is 0 Å². The van der Waals surface area contributed by atoms with Gasteiger partial charge >= 0.3 is 24.3 Å². The van der Waals surface area contributed by atoms with Crippen molar-refractivity contribution in [1.82, 2.24) is 0 Å². The fourth-order valence-corrected chi connectivity index (χ4v) is 5.73. The van der Waals surface area contributed by atoms with E-state index in [9.17, 15) is 4.79 Å². The van der Waals surface area contributed by atoms with Gasteiger partial charge in [0.1, 0.15) is 0 Å². The molecule has 1 N–H and O–H groups in total. The zero-order valence-corrected chi connectivity index (χ0v) is 19.4. The zero-order valence-electron chi connectivity index (χ0n) is 17.2. The van der Waals surface area contributed by atoms with Crippen LogP contribution in [0.1, 0.15) is 54.4 Å². The van der Waals surface area contributed by atoms with Gasteiger partial charge in [-0.3, -0.25) is 4.79 Å². The number of rotatable bonds is 16. The first-order chi connectivity index (χ1) is 12.4. The van der Waals surface area contributed by atoms with Crippen LogP contribution in [0.15, 0.2) is 0 Å². The molecule has 0 aromatic rings. The first-order valence-corrected chi connectivity index (χ1v) is 12.8. The third kappa shape index (κ3) is 15.9. The molecule has 0 aliphatic rings. The van der Waals surface area contributed by atoms with E-state index in [0.717, 1.165) is 0 Å². The van der Waals surface area contributed by atoms with Crippen molar-refractivity contribution in [2.24, 2.45) is 0 Å². The highest BCUT2D eigenvalue weighted by Crippen LogP contribution is 2.19. The monoisotopic (exact) mass is 414 g/mol. The molecule has 0 saturated carbocycles. The van der Waals surface area contributed by atoms with Gasteiger partial charge in [0.05, 0.1) is 0 Å². The summed E-state index contributed by atoms with van der Waals surface area (Å²) in [5.41, 5.74) is 0. The van der Waals surface area contributed by atoms with Gasteiger partial charge in [0.15, 0.2) is 0 Å². The molecule has 0 atom stereocenters. The minimum atomic E-state index is -2.63. The molecule has 0 aromatic carbocycles. The first-order valence-electron chi connectivity index (χ1n) is 9.43. The highest BCUT2D eigenvalue weighted by Gasteiger charge is 2.39. The molecule has 0 unspecified atom stereocenters. The fraction of sp³-hybridized carbons (Fsp3) is 0.938. The molecular formula is C16H38O8Si2. The second kappa shape index (κ2) is 19.4. The lowest BCUT2D eigenvalue weighted by molar-refractivity contribution is -0.137. The Morgan fingerprint density at radius 2 is 1.15 bits per heavy atom. The third-order valence-corrected chi connectivity index (χ3v) is 7.84. The van der Waals surface area contributed by atoms with Crippen molar-refractivity contribution in [1.29, 1.82) is 0 Å². The summed E-state index contributed by atoms with van der Waals surface area (Å²) in [6.07, 6.45) is 0.656. The van der Waals surface area contributed by atoms with Crippen LogP contribution in [0.5, 0.6) is 0 Å². The topological polar surface area (TPSA) is 92.7 Å². The summed E-state index contributed by atoms with van der Waals surface area (Å²) in [5.74, 6) is -0.799. The summed E-state index contributed by atoms with van der Waals surface area (Å²) in [6.45, 7) is 15.1. The number of carboxylic acid groups (broad SMARTS) is 1. The quantitative estimate of drug-likeness (QED) is 0.385. The molecule has 0 aliphatic carbocycles. The lowest BCUT2D eigenvalue weighted by Gasteiger charge is -2.28. The van der Waals surface area contributed by atoms with Crippen LogP contribution in [0.25, 0.3) is 0 Å². The zero-order chi connectivity index (χ0) is 20.3. The number of carboxylic acids is 1. The van der Waals surface area contributed by atoms with Gasteiger partial charge in [-0.25, -0.2) is 0 Å². The van der Waals surface area contributed by atoms with E-state index < -0.39 is 24.3 Å². The van der Waals surface area contributed by atoms with E-state index in [2.05, 4.69) is 0 Å². The Labute approximate surface area is 161 Å². The molecule has 0 spiro atoms. The standard InChI is InChI=1S/C10H22O5Si.C6H16O3Si/c1-4-13-16(14-5-2,15-6-3)9-7-8-10(11)12;1-4-7-10(8-5-2)9-6-3/h4-9H2,1-3H3,(H,11,12);10H,4-6H2,1-3H3. The molecule has 0 radical (unpaired) electrons. The van der Waals surface area contributed by atoms with E-state index in [1.807, 2.05) is 41.5 Å². The minimum absolute atomic E-state index is 0.127. The molecule has 0 aliphatic heterocycles. The largest absolute Gasteiger partial charge is 0.500 e. The maximum atomic E-state index is 10.5. The first kappa shape index (κ1) is 27.9. The molecule has 0 aromatic heterocycles. The molecular weight excluding hydrogens is 376 g/mol. The average molecular weight is 415 g/mol. The second-order valence-electron chi connectivity index (χ2n) is 4.88. The van der Waals surface area contributed by atoms with Crippen LogP contribution in [-0.2, 0) is 31.4 Å². The summed E-state index contributed by atoms with van der Waals surface area (Å²) < 4.78 is 32.4. The van der Waals surface area contributed by atoms with Crippen molar-refractivity contribution in [3.05, 3.63) is 0 Å². The number of hydrogen-bond donors (Lipinski definition) is 1. The summed E-state index contributed by atoms with van der Waals surface area (Å²) in [7, 11) is -4.36. The molecule has 0 bridgehead atoms. The van der Waals surface area contributed by atoms with E-state index in [0.29, 0.717) is 52.1 Å². The van der Waals surface area contributed by atoms with E-state index >= 15 is 0 Å². The van der Waals surface area contributed by atoms with Crippen LogP contribution in [0.3, 0.4) is 0 Å². The Balaban J connectivity index is 0. The molecule has 26 heavy (non-hydrogen) atoms. The van der Waals surface area contributed by atoms with Crippen LogP contribution in [0.2, 0.25) is 6.04 Å². The van der Waals surface area contributed by atoms with Gasteiger partial charge in [0.2, 0.25) is 0 Å². The van der Waals surface area contributed by atoms with Gasteiger partial charge in [-0.15, -0.1) is 0 Å². The van der Waals surface area contributed by atoms with Crippen molar-refractivity contribution in [2.45, 2.75) is 60.4 Å². The van der Waals surface area contributed by atoms with E-state index in [1.54, 1.807) is 0 Å². The maximum absolute atomic E-state index is 10.5. The molecule has 8 nitrogen and oxygen atoms in total. The fourth-order valence-electron chi connectivity index (χ4n) is 2.01. The molecule has 0 rings (SSSR count). The second-order valence-corrected chi connectivity index (χ2v) is 9.19. The number of carbonyl (C=O) groups is 1.